The summed E-state index contributed by atoms with van der Waals surface area (Å²) in [6.45, 7) is 0.120. The van der Waals surface area contributed by atoms with Crippen molar-refractivity contribution in [2.75, 3.05) is 16.8 Å². The third-order valence-electron chi connectivity index (χ3n) is 4.57. The van der Waals surface area contributed by atoms with Crippen molar-refractivity contribution in [2.24, 2.45) is 0 Å². The number of hydrogen-bond donors (Lipinski definition) is 1. The Hall–Kier alpha value is -2.96. The lowest BCUT2D eigenvalue weighted by Crippen LogP contribution is -2.46. The molecule has 3 aromatic heterocycles. The first kappa shape index (κ1) is 19.4. The van der Waals surface area contributed by atoms with Crippen LogP contribution in [0.15, 0.2) is 22.9 Å². The van der Waals surface area contributed by atoms with Gasteiger partial charge >= 0.3 is 12.2 Å². The molecule has 1 atom stereocenters. The fourth-order valence-corrected chi connectivity index (χ4v) is 3.29. The minimum Gasteiger partial charge on any atom is -0.353 e. The number of carbonyl (C=O) groups excluding carboxylic acids is 1. The van der Waals surface area contributed by atoms with Gasteiger partial charge in [-0.3, -0.25) is 10.2 Å². The first-order valence-electron chi connectivity index (χ1n) is 7.96. The lowest BCUT2D eigenvalue weighted by molar-refractivity contribution is -0.181. The van der Waals surface area contributed by atoms with E-state index in [2.05, 4.69) is 25.1 Å². The lowest BCUT2D eigenvalue weighted by atomic mass is 9.88. The fourth-order valence-electron chi connectivity index (χ4n) is 3.12. The number of nitrogens with zero attached hydrogens (tertiary/aromatic N) is 5. The number of fused-ring (bicyclic) bond motifs is 3. The van der Waals surface area contributed by atoms with E-state index >= 15 is 0 Å². The molecule has 1 N–H and O–H groups in total. The Balaban J connectivity index is 1.77. The summed E-state index contributed by atoms with van der Waals surface area (Å²) in [5.74, 6) is -1.17. The molecular weight excluding hydrogens is 427 g/mol. The van der Waals surface area contributed by atoms with E-state index in [0.29, 0.717) is 0 Å². The van der Waals surface area contributed by atoms with Gasteiger partial charge in [0.2, 0.25) is 5.76 Å². The average molecular weight is 437 g/mol. The summed E-state index contributed by atoms with van der Waals surface area (Å²) in [5.41, 5.74) is -2.91. The molecule has 14 heteroatoms. The zero-order valence-corrected chi connectivity index (χ0v) is 15.1. The van der Waals surface area contributed by atoms with Crippen LogP contribution in [0.25, 0.3) is 5.65 Å². The van der Waals surface area contributed by atoms with Crippen LogP contribution in [-0.4, -0.2) is 38.5 Å². The van der Waals surface area contributed by atoms with E-state index in [1.165, 1.54) is 6.07 Å². The van der Waals surface area contributed by atoms with Crippen LogP contribution < -0.4 is 10.2 Å². The van der Waals surface area contributed by atoms with Crippen molar-refractivity contribution < 1.29 is 31.3 Å². The predicted molar refractivity (Wildman–Crippen MR) is 89.2 cm³/mol. The molecule has 0 radical (unpaired) electrons. The molecule has 0 aliphatic carbocycles. The Morgan fingerprint density at radius 1 is 1.38 bits per heavy atom. The van der Waals surface area contributed by atoms with Crippen LogP contribution in [-0.2, 0) is 5.41 Å². The van der Waals surface area contributed by atoms with Crippen LogP contribution in [0, 0.1) is 0 Å². The number of amides is 2. The van der Waals surface area contributed by atoms with Crippen LogP contribution in [0.1, 0.15) is 24.8 Å². The molecule has 0 saturated heterocycles. The number of aromatic nitrogens is 4. The highest BCUT2D eigenvalue weighted by atomic mass is 35.5. The van der Waals surface area contributed by atoms with Gasteiger partial charge in [0.15, 0.2) is 16.6 Å². The van der Waals surface area contributed by atoms with E-state index in [0.717, 1.165) is 28.6 Å². The van der Waals surface area contributed by atoms with E-state index in [1.807, 2.05) is 0 Å². The number of carbonyl (C=O) groups is 1. The monoisotopic (exact) mass is 436 g/mol. The maximum absolute atomic E-state index is 14.0. The zero-order chi connectivity index (χ0) is 21.1. The predicted octanol–water partition coefficient (Wildman–Crippen LogP) is 4.18. The van der Waals surface area contributed by atoms with Crippen molar-refractivity contribution in [1.82, 2.24) is 19.8 Å². The SMILES string of the molecule is C[C@@]1(C(F)(F)F)CN(C(=O)Nc2cc(C(F)F)on2)c2cnc3cc(Cl)nn3c21. The van der Waals surface area contributed by atoms with Crippen molar-refractivity contribution in [2.45, 2.75) is 24.9 Å². The highest BCUT2D eigenvalue weighted by Crippen LogP contribution is 2.50. The fraction of sp³-hybridized carbons (Fsp3) is 0.333. The molecule has 0 aromatic carbocycles. The standard InChI is InChI=1S/C15H10ClF5N6O2/c1-14(15(19,20)21)5-26(13(28)23-9-2-7(12(17)18)29-25-9)6-4-22-10-3-8(16)24-27(10)11(6)14/h2-4,12H,5H2,1H3,(H,23,25,28)/t14-/m1/s1. The van der Waals surface area contributed by atoms with Gasteiger partial charge in [0.05, 0.1) is 17.6 Å². The molecule has 154 valence electrons. The summed E-state index contributed by atoms with van der Waals surface area (Å²) in [4.78, 5) is 17.4. The first-order valence-corrected chi connectivity index (χ1v) is 8.34. The van der Waals surface area contributed by atoms with Gasteiger partial charge in [-0.05, 0) is 6.92 Å². The Labute approximate surface area is 163 Å². The summed E-state index contributed by atoms with van der Waals surface area (Å²) in [5, 5.41) is 9.17. The third kappa shape index (κ3) is 2.96. The molecule has 0 saturated carbocycles. The van der Waals surface area contributed by atoms with Crippen LogP contribution in [0.5, 0.6) is 0 Å². The maximum Gasteiger partial charge on any atom is 0.401 e. The topological polar surface area (TPSA) is 88.6 Å². The first-order chi connectivity index (χ1) is 13.5. The molecule has 0 spiro atoms. The number of urea groups is 1. The molecule has 4 heterocycles. The largest absolute Gasteiger partial charge is 0.401 e. The highest BCUT2D eigenvalue weighted by molar-refractivity contribution is 6.29. The number of anilines is 2. The normalized spacial score (nSPS) is 19.2. The Bertz CT molecular complexity index is 1110. The maximum atomic E-state index is 14.0. The van der Waals surface area contributed by atoms with Crippen molar-refractivity contribution in [1.29, 1.82) is 0 Å². The van der Waals surface area contributed by atoms with Crippen molar-refractivity contribution in [3.63, 3.8) is 0 Å². The van der Waals surface area contributed by atoms with Gasteiger partial charge in [-0.2, -0.15) is 18.3 Å². The Morgan fingerprint density at radius 2 is 2.10 bits per heavy atom. The quantitative estimate of drug-likeness (QED) is 0.609. The second-order valence-electron chi connectivity index (χ2n) is 6.49. The van der Waals surface area contributed by atoms with Crippen LogP contribution >= 0.6 is 11.6 Å². The average Bonchev–Trinajstić information content (AvgIpc) is 3.29. The second kappa shape index (κ2) is 6.27. The smallest absolute Gasteiger partial charge is 0.353 e. The minimum absolute atomic E-state index is 0.0690. The summed E-state index contributed by atoms with van der Waals surface area (Å²) in [7, 11) is 0. The molecule has 0 unspecified atom stereocenters. The highest BCUT2D eigenvalue weighted by Gasteiger charge is 2.60. The molecular formula is C15H10ClF5N6O2. The van der Waals surface area contributed by atoms with Crippen molar-refractivity contribution in [3.05, 3.63) is 34.9 Å². The molecule has 0 fully saturated rings. The summed E-state index contributed by atoms with van der Waals surface area (Å²) in [6.07, 6.45) is -6.62. The van der Waals surface area contributed by atoms with Gasteiger partial charge in [0.25, 0.3) is 6.43 Å². The molecule has 1 aliphatic heterocycles. The van der Waals surface area contributed by atoms with Crippen LogP contribution in [0.4, 0.5) is 38.3 Å². The number of halogens is 6. The van der Waals surface area contributed by atoms with Gasteiger partial charge in [-0.15, -0.1) is 0 Å². The Morgan fingerprint density at radius 3 is 2.72 bits per heavy atom. The number of nitrogens with one attached hydrogen (secondary N) is 1. The van der Waals surface area contributed by atoms with Gasteiger partial charge in [-0.25, -0.2) is 23.1 Å². The van der Waals surface area contributed by atoms with Gasteiger partial charge < -0.3 is 4.52 Å². The summed E-state index contributed by atoms with van der Waals surface area (Å²) >= 11 is 5.80. The molecule has 1 aliphatic rings. The van der Waals surface area contributed by atoms with Crippen LogP contribution in [0.3, 0.4) is 0 Å². The van der Waals surface area contributed by atoms with E-state index < -0.39 is 36.4 Å². The molecule has 3 aromatic rings. The molecule has 8 nitrogen and oxygen atoms in total. The summed E-state index contributed by atoms with van der Waals surface area (Å²) in [6, 6.07) is 1.02. The van der Waals surface area contributed by atoms with E-state index in [1.54, 1.807) is 0 Å². The minimum atomic E-state index is -4.75. The molecule has 0 bridgehead atoms. The zero-order valence-electron chi connectivity index (χ0n) is 14.3. The van der Waals surface area contributed by atoms with E-state index in [-0.39, 0.29) is 28.0 Å². The number of hydrogen-bond acceptors (Lipinski definition) is 5. The Kier molecular flexibility index (Phi) is 4.19. The second-order valence-corrected chi connectivity index (χ2v) is 6.88. The molecule has 29 heavy (non-hydrogen) atoms. The third-order valence-corrected chi connectivity index (χ3v) is 4.76. The molecule has 4 rings (SSSR count). The van der Waals surface area contributed by atoms with E-state index in [4.69, 9.17) is 11.6 Å². The molecule has 2 amide bonds. The van der Waals surface area contributed by atoms with E-state index in [9.17, 15) is 26.7 Å². The van der Waals surface area contributed by atoms with Gasteiger partial charge in [0, 0.05) is 18.7 Å². The number of rotatable bonds is 2. The van der Waals surface area contributed by atoms with Crippen molar-refractivity contribution in [3.8, 4) is 0 Å². The number of alkyl halides is 5. The van der Waals surface area contributed by atoms with Gasteiger partial charge in [-0.1, -0.05) is 16.8 Å². The summed E-state index contributed by atoms with van der Waals surface area (Å²) < 4.78 is 72.3. The van der Waals surface area contributed by atoms with Gasteiger partial charge in [0.1, 0.15) is 5.41 Å². The van der Waals surface area contributed by atoms with Crippen LogP contribution in [0.2, 0.25) is 5.15 Å². The lowest BCUT2D eigenvalue weighted by Gasteiger charge is -2.28. The van der Waals surface area contributed by atoms with Crippen molar-refractivity contribution >= 4 is 34.8 Å².